The number of benzene rings is 2. The topological polar surface area (TPSA) is 63.3 Å². The van der Waals surface area contributed by atoms with Gasteiger partial charge in [-0.25, -0.2) is 0 Å². The van der Waals surface area contributed by atoms with Gasteiger partial charge in [0.1, 0.15) is 5.58 Å². The summed E-state index contributed by atoms with van der Waals surface area (Å²) in [5.74, 6) is 0.547. The van der Waals surface area contributed by atoms with Gasteiger partial charge in [-0.3, -0.25) is 4.79 Å². The van der Waals surface area contributed by atoms with Gasteiger partial charge in [-0.2, -0.15) is 0 Å². The fourth-order valence-corrected chi connectivity index (χ4v) is 6.54. The monoisotopic (exact) mass is 773 g/mol. The number of aliphatic hydroxyl groups excluding tert-OH is 1. The van der Waals surface area contributed by atoms with E-state index >= 15 is 0 Å². The number of nitrogens with zero attached hydrogens (tertiary/aromatic N) is 1. The molecular formula is C39H50IrNO3-. The van der Waals surface area contributed by atoms with Gasteiger partial charge in [-0.1, -0.05) is 104 Å². The number of hydrogen-bond donors (Lipinski definition) is 1. The second-order valence-corrected chi connectivity index (χ2v) is 13.9. The van der Waals surface area contributed by atoms with Gasteiger partial charge in [0.2, 0.25) is 0 Å². The Balaban J connectivity index is 0.000000286. The Kier molecular flexibility index (Phi) is 11.5. The Morgan fingerprint density at radius 3 is 2.20 bits per heavy atom. The molecule has 239 valence electrons. The third-order valence-electron chi connectivity index (χ3n) is 9.16. The molecule has 0 aliphatic heterocycles. The van der Waals surface area contributed by atoms with Crippen molar-refractivity contribution in [1.82, 2.24) is 4.98 Å². The van der Waals surface area contributed by atoms with Crippen LogP contribution in [0.25, 0.3) is 33.2 Å². The van der Waals surface area contributed by atoms with Crippen molar-refractivity contribution in [1.29, 1.82) is 0 Å². The maximum absolute atomic E-state index is 11.7. The first-order valence-corrected chi connectivity index (χ1v) is 16.1. The maximum atomic E-state index is 11.7. The summed E-state index contributed by atoms with van der Waals surface area (Å²) in [6.07, 6.45) is 7.77. The number of aryl methyl sites for hydroxylation is 1. The normalized spacial score (nSPS) is 14.0. The summed E-state index contributed by atoms with van der Waals surface area (Å²) in [5.41, 5.74) is 9.08. The third-order valence-corrected chi connectivity index (χ3v) is 9.16. The van der Waals surface area contributed by atoms with Gasteiger partial charge in [-0.15, -0.1) is 17.7 Å². The molecule has 0 saturated heterocycles. The molecule has 0 bridgehead atoms. The Morgan fingerprint density at radius 1 is 0.977 bits per heavy atom. The minimum atomic E-state index is -0.167. The number of aliphatic hydroxyl groups is 1. The molecule has 0 atom stereocenters. The van der Waals surface area contributed by atoms with Crippen molar-refractivity contribution < 1.29 is 34.4 Å². The summed E-state index contributed by atoms with van der Waals surface area (Å²) in [5, 5.41) is 12.2. The molecule has 5 rings (SSSR count). The molecule has 4 nitrogen and oxygen atoms in total. The van der Waals surface area contributed by atoms with Crippen LogP contribution in [0.3, 0.4) is 0 Å². The van der Waals surface area contributed by atoms with Crippen LogP contribution in [0.2, 0.25) is 0 Å². The number of rotatable bonds is 8. The minimum Gasteiger partial charge on any atom is -0.512 e. The van der Waals surface area contributed by atoms with Gasteiger partial charge < -0.3 is 14.5 Å². The van der Waals surface area contributed by atoms with Crippen molar-refractivity contribution in [3.8, 4) is 11.3 Å². The van der Waals surface area contributed by atoms with E-state index in [-0.39, 0.29) is 54.3 Å². The molecule has 0 spiro atoms. The predicted molar refractivity (Wildman–Crippen MR) is 180 cm³/mol. The molecule has 2 aromatic carbocycles. The number of furan rings is 1. The zero-order valence-electron chi connectivity index (χ0n) is 28.3. The van der Waals surface area contributed by atoms with Crippen molar-refractivity contribution in [3.63, 3.8) is 0 Å². The number of hydrogen-bond acceptors (Lipinski definition) is 4. The fraction of sp³-hybridized carbons (Fsp3) is 0.487. The molecule has 1 aliphatic carbocycles. The van der Waals surface area contributed by atoms with Crippen molar-refractivity contribution in [3.05, 3.63) is 76.7 Å². The van der Waals surface area contributed by atoms with E-state index in [0.717, 1.165) is 60.1 Å². The first-order valence-electron chi connectivity index (χ1n) is 16.1. The molecule has 2 aromatic heterocycles. The Labute approximate surface area is 278 Å². The molecule has 0 saturated carbocycles. The van der Waals surface area contributed by atoms with E-state index in [1.807, 2.05) is 46.0 Å². The summed E-state index contributed by atoms with van der Waals surface area (Å²) in [6.45, 7) is 21.6. The molecule has 2 heterocycles. The zero-order valence-corrected chi connectivity index (χ0v) is 30.7. The van der Waals surface area contributed by atoms with Gasteiger partial charge in [0, 0.05) is 49.6 Å². The van der Waals surface area contributed by atoms with E-state index in [0.29, 0.717) is 0 Å². The fourth-order valence-electron chi connectivity index (χ4n) is 6.54. The molecule has 4 aromatic rings. The zero-order chi connectivity index (χ0) is 31.7. The molecule has 0 unspecified atom stereocenters. The van der Waals surface area contributed by atoms with Crippen LogP contribution >= 0.6 is 0 Å². The van der Waals surface area contributed by atoms with E-state index in [2.05, 4.69) is 65.8 Å². The summed E-state index contributed by atoms with van der Waals surface area (Å²) in [4.78, 5) is 16.5. The quantitative estimate of drug-likeness (QED) is 0.110. The molecule has 0 fully saturated rings. The number of carbonyl (C=O) groups excluding carboxylic acids is 1. The average molecular weight is 773 g/mol. The number of ketones is 1. The van der Waals surface area contributed by atoms with Crippen LogP contribution < -0.4 is 0 Å². The second-order valence-electron chi connectivity index (χ2n) is 13.9. The maximum Gasteiger partial charge on any atom is 0.162 e. The van der Waals surface area contributed by atoms with Crippen LogP contribution in [0.1, 0.15) is 110 Å². The molecular weight excluding hydrogens is 723 g/mol. The largest absolute Gasteiger partial charge is 0.512 e. The summed E-state index contributed by atoms with van der Waals surface area (Å²) >= 11 is 0. The summed E-state index contributed by atoms with van der Waals surface area (Å²) in [7, 11) is 0. The molecule has 1 N–H and O–H groups in total. The van der Waals surface area contributed by atoms with Crippen molar-refractivity contribution in [2.75, 3.05) is 0 Å². The van der Waals surface area contributed by atoms with Crippen LogP contribution in [0, 0.1) is 30.2 Å². The van der Waals surface area contributed by atoms with Gasteiger partial charge in [0.15, 0.2) is 5.78 Å². The predicted octanol–water partition coefficient (Wildman–Crippen LogP) is 10.9. The van der Waals surface area contributed by atoms with Crippen molar-refractivity contribution in [2.45, 2.75) is 107 Å². The molecule has 44 heavy (non-hydrogen) atoms. The van der Waals surface area contributed by atoms with E-state index in [4.69, 9.17) is 9.40 Å². The summed E-state index contributed by atoms with van der Waals surface area (Å²) in [6, 6.07) is 14.4. The Bertz CT molecular complexity index is 1650. The van der Waals surface area contributed by atoms with Crippen LogP contribution in [0.15, 0.2) is 52.8 Å². The van der Waals surface area contributed by atoms with E-state index in [1.165, 1.54) is 33.5 Å². The Morgan fingerprint density at radius 2 is 1.61 bits per heavy atom. The first-order chi connectivity index (χ1) is 20.3. The van der Waals surface area contributed by atoms with E-state index < -0.39 is 0 Å². The SMILES string of the molecule is CCC(CC)C(=O)/C=C(\O)C(CC)CC.Cc1c[c-]c2c3c1oc1c(CC(C)(C)C)ccc(c13)C(C)(C)c1cccnc1-2.[Ir]. The smallest absolute Gasteiger partial charge is 0.162 e. The van der Waals surface area contributed by atoms with Gasteiger partial charge in [0.25, 0.3) is 0 Å². The van der Waals surface area contributed by atoms with Crippen LogP contribution in [0.4, 0.5) is 0 Å². The van der Waals surface area contributed by atoms with Gasteiger partial charge in [0.05, 0.1) is 11.3 Å². The van der Waals surface area contributed by atoms with Crippen molar-refractivity contribution in [2.24, 2.45) is 17.3 Å². The number of allylic oxidation sites excluding steroid dienone is 2. The molecule has 1 aliphatic rings. The molecule has 0 amide bonds. The first kappa shape index (κ1) is 35.7. The standard InChI is InChI=1S/C26H26NO.C13H24O2.Ir/c1-15-9-11-17-20-21-18(26(5,6)19-8-7-13-27-22(17)19)12-10-16(14-25(2,3)4)24(21)28-23(15)20;1-5-10(6-2)12(14)9-13(15)11(7-3)8-4;/h7-10,12-13H,14H2,1-6H3;9-11,14H,5-8H2,1-4H3;/q-1;;/b;12-9-;. The minimum absolute atomic E-state index is 0. The van der Waals surface area contributed by atoms with E-state index in [1.54, 1.807) is 0 Å². The average Bonchev–Trinajstić information content (AvgIpc) is 3.33. The number of pyridine rings is 1. The van der Waals surface area contributed by atoms with E-state index in [9.17, 15) is 9.90 Å². The third kappa shape index (κ3) is 6.90. The summed E-state index contributed by atoms with van der Waals surface area (Å²) < 4.78 is 6.58. The van der Waals surface area contributed by atoms with Crippen LogP contribution in [-0.2, 0) is 36.7 Å². The number of fused-ring (bicyclic) bond motifs is 2. The van der Waals surface area contributed by atoms with Crippen molar-refractivity contribution >= 4 is 27.7 Å². The number of aromatic nitrogens is 1. The molecule has 5 heteroatoms. The van der Waals surface area contributed by atoms with Gasteiger partial charge >= 0.3 is 0 Å². The molecule has 1 radical (unpaired) electrons. The van der Waals surface area contributed by atoms with Gasteiger partial charge in [-0.05, 0) is 65.8 Å². The second kappa shape index (κ2) is 14.1. The van der Waals surface area contributed by atoms with Crippen LogP contribution in [-0.4, -0.2) is 15.9 Å². The Hall–Kier alpha value is -2.75. The number of carbonyl (C=O) groups is 1. The van der Waals surface area contributed by atoms with Crippen LogP contribution in [0.5, 0.6) is 0 Å².